The molecule has 0 saturated heterocycles. The van der Waals surface area contributed by atoms with Crippen LogP contribution in [0.15, 0.2) is 18.5 Å². The van der Waals surface area contributed by atoms with Crippen molar-refractivity contribution in [1.82, 2.24) is 4.98 Å². The average Bonchev–Trinajstić information content (AvgIpc) is 2.46. The second-order valence-corrected chi connectivity index (χ2v) is 2.27. The smallest absolute Gasteiger partial charge is 0.187 e. The number of anilines is 2. The normalized spacial score (nSPS) is 19.4. The summed E-state index contributed by atoms with van der Waals surface area (Å²) < 4.78 is 0. The number of hydrogen-bond acceptors (Lipinski definition) is 4. The second kappa shape index (κ2) is 2.13. The van der Waals surface area contributed by atoms with Crippen LogP contribution in [0.5, 0.6) is 0 Å². The van der Waals surface area contributed by atoms with Gasteiger partial charge >= 0.3 is 0 Å². The molecule has 11 heavy (non-hydrogen) atoms. The first-order valence-electron chi connectivity index (χ1n) is 3.27. The maximum absolute atomic E-state index is 8.54. The van der Waals surface area contributed by atoms with E-state index >= 15 is 0 Å². The van der Waals surface area contributed by atoms with Gasteiger partial charge in [0.15, 0.2) is 6.17 Å². The summed E-state index contributed by atoms with van der Waals surface area (Å²) in [5.41, 5.74) is 1.82. The van der Waals surface area contributed by atoms with E-state index in [4.69, 9.17) is 5.26 Å². The topological polar surface area (TPSA) is 60.7 Å². The first-order valence-corrected chi connectivity index (χ1v) is 3.27. The summed E-state index contributed by atoms with van der Waals surface area (Å²) in [6.07, 6.45) is 3.07. The number of aromatic nitrogens is 1. The molecule has 0 saturated carbocycles. The number of rotatable bonds is 0. The molecular formula is C7H6N4. The number of hydrogen-bond donors (Lipinski definition) is 2. The molecule has 0 bridgehead atoms. The largest absolute Gasteiger partial charge is 0.352 e. The van der Waals surface area contributed by atoms with Crippen LogP contribution in [-0.2, 0) is 0 Å². The highest BCUT2D eigenvalue weighted by Crippen LogP contribution is 2.26. The van der Waals surface area contributed by atoms with Crippen molar-refractivity contribution in [2.75, 3.05) is 10.6 Å². The zero-order chi connectivity index (χ0) is 7.68. The quantitative estimate of drug-likeness (QED) is 0.567. The van der Waals surface area contributed by atoms with Gasteiger partial charge in [-0.05, 0) is 6.07 Å². The lowest BCUT2D eigenvalue weighted by molar-refractivity contribution is 1.08. The van der Waals surface area contributed by atoms with Gasteiger partial charge in [-0.25, -0.2) is 0 Å². The van der Waals surface area contributed by atoms with Crippen molar-refractivity contribution < 1.29 is 0 Å². The number of nitrogens with zero attached hydrogens (tertiary/aromatic N) is 2. The van der Waals surface area contributed by atoms with Crippen molar-refractivity contribution in [3.63, 3.8) is 0 Å². The van der Waals surface area contributed by atoms with Gasteiger partial charge in [-0.15, -0.1) is 0 Å². The fraction of sp³-hybridized carbons (Fsp3) is 0.143. The Kier molecular flexibility index (Phi) is 1.16. The standard InChI is InChI=1S/C7H6N4/c8-3-7-10-5-1-2-9-4-6(5)11-7/h1-2,4,7,10-11H. The predicted molar refractivity (Wildman–Crippen MR) is 40.9 cm³/mol. The molecule has 2 heterocycles. The number of pyridine rings is 1. The van der Waals surface area contributed by atoms with E-state index in [-0.39, 0.29) is 6.17 Å². The van der Waals surface area contributed by atoms with Crippen LogP contribution in [0, 0.1) is 11.3 Å². The van der Waals surface area contributed by atoms with Gasteiger partial charge in [-0.1, -0.05) is 0 Å². The zero-order valence-corrected chi connectivity index (χ0v) is 5.70. The molecule has 54 valence electrons. The molecule has 0 fully saturated rings. The lowest BCUT2D eigenvalue weighted by atomic mass is 10.4. The molecule has 0 radical (unpaired) electrons. The van der Waals surface area contributed by atoms with E-state index in [9.17, 15) is 0 Å². The minimum atomic E-state index is -0.311. The summed E-state index contributed by atoms with van der Waals surface area (Å²) in [6, 6.07) is 3.89. The molecule has 1 aliphatic rings. The molecule has 1 unspecified atom stereocenters. The highest BCUT2D eigenvalue weighted by Gasteiger charge is 2.17. The molecular weight excluding hydrogens is 140 g/mol. The Morgan fingerprint density at radius 2 is 2.27 bits per heavy atom. The van der Waals surface area contributed by atoms with Crippen LogP contribution in [0.2, 0.25) is 0 Å². The van der Waals surface area contributed by atoms with Crippen LogP contribution in [0.4, 0.5) is 11.4 Å². The molecule has 1 aliphatic heterocycles. The zero-order valence-electron chi connectivity index (χ0n) is 5.70. The predicted octanol–water partition coefficient (Wildman–Crippen LogP) is 0.769. The fourth-order valence-electron chi connectivity index (χ4n) is 1.05. The number of nitrogens with one attached hydrogen (secondary N) is 2. The van der Waals surface area contributed by atoms with Crippen LogP contribution >= 0.6 is 0 Å². The monoisotopic (exact) mass is 146 g/mol. The summed E-state index contributed by atoms with van der Waals surface area (Å²) in [5, 5.41) is 14.5. The Morgan fingerprint density at radius 3 is 3.00 bits per heavy atom. The van der Waals surface area contributed by atoms with E-state index in [0.29, 0.717) is 0 Å². The lowest BCUT2D eigenvalue weighted by Crippen LogP contribution is -2.18. The Bertz CT molecular complexity index is 289. The summed E-state index contributed by atoms with van der Waals surface area (Å²) in [4.78, 5) is 3.91. The van der Waals surface area contributed by atoms with Gasteiger partial charge < -0.3 is 10.6 Å². The highest BCUT2D eigenvalue weighted by molar-refractivity contribution is 5.74. The molecule has 0 aromatic carbocycles. The minimum Gasteiger partial charge on any atom is -0.352 e. The van der Waals surface area contributed by atoms with Gasteiger partial charge in [0.1, 0.15) is 6.07 Å². The second-order valence-electron chi connectivity index (χ2n) is 2.27. The molecule has 4 nitrogen and oxygen atoms in total. The van der Waals surface area contributed by atoms with Crippen LogP contribution in [-0.4, -0.2) is 11.1 Å². The van der Waals surface area contributed by atoms with Crippen molar-refractivity contribution >= 4 is 11.4 Å². The Labute approximate surface area is 63.9 Å². The van der Waals surface area contributed by atoms with E-state index in [1.165, 1.54) is 0 Å². The van der Waals surface area contributed by atoms with Gasteiger partial charge in [0, 0.05) is 6.20 Å². The summed E-state index contributed by atoms with van der Waals surface area (Å²) in [6.45, 7) is 0. The Morgan fingerprint density at radius 1 is 1.45 bits per heavy atom. The SMILES string of the molecule is N#CC1Nc2ccncc2N1. The number of fused-ring (bicyclic) bond motifs is 1. The van der Waals surface area contributed by atoms with E-state index in [0.717, 1.165) is 11.4 Å². The molecule has 0 spiro atoms. The summed E-state index contributed by atoms with van der Waals surface area (Å²) >= 11 is 0. The lowest BCUT2D eigenvalue weighted by Gasteiger charge is -1.98. The highest BCUT2D eigenvalue weighted by atomic mass is 15.2. The fourth-order valence-corrected chi connectivity index (χ4v) is 1.05. The third-order valence-electron chi connectivity index (χ3n) is 1.55. The van der Waals surface area contributed by atoms with E-state index in [1.807, 2.05) is 6.07 Å². The molecule has 0 amide bonds. The molecule has 1 atom stereocenters. The van der Waals surface area contributed by atoms with Gasteiger partial charge in [0.25, 0.3) is 0 Å². The maximum Gasteiger partial charge on any atom is 0.187 e. The molecule has 1 aromatic heterocycles. The molecule has 2 rings (SSSR count). The van der Waals surface area contributed by atoms with Crippen LogP contribution in [0.25, 0.3) is 0 Å². The maximum atomic E-state index is 8.54. The average molecular weight is 146 g/mol. The van der Waals surface area contributed by atoms with Gasteiger partial charge in [-0.2, -0.15) is 5.26 Å². The van der Waals surface area contributed by atoms with Crippen LogP contribution in [0.1, 0.15) is 0 Å². The third-order valence-corrected chi connectivity index (χ3v) is 1.55. The van der Waals surface area contributed by atoms with Gasteiger partial charge in [0.05, 0.1) is 17.6 Å². The van der Waals surface area contributed by atoms with E-state index in [2.05, 4.69) is 21.7 Å². The van der Waals surface area contributed by atoms with Crippen molar-refractivity contribution in [3.8, 4) is 6.07 Å². The van der Waals surface area contributed by atoms with Crippen molar-refractivity contribution in [3.05, 3.63) is 18.5 Å². The molecule has 2 N–H and O–H groups in total. The summed E-state index contributed by atoms with van der Waals surface area (Å²) in [5.74, 6) is 0. The molecule has 1 aromatic rings. The van der Waals surface area contributed by atoms with Crippen LogP contribution in [0.3, 0.4) is 0 Å². The van der Waals surface area contributed by atoms with Crippen molar-refractivity contribution in [2.24, 2.45) is 0 Å². The first-order chi connectivity index (χ1) is 5.40. The van der Waals surface area contributed by atoms with Crippen LogP contribution < -0.4 is 10.6 Å². The molecule has 4 heteroatoms. The summed E-state index contributed by atoms with van der Waals surface area (Å²) in [7, 11) is 0. The molecule has 0 aliphatic carbocycles. The van der Waals surface area contributed by atoms with Gasteiger partial charge in [-0.3, -0.25) is 4.98 Å². The van der Waals surface area contributed by atoms with Crippen molar-refractivity contribution in [1.29, 1.82) is 5.26 Å². The Hall–Kier alpha value is -1.76. The third kappa shape index (κ3) is 0.867. The van der Waals surface area contributed by atoms with Crippen molar-refractivity contribution in [2.45, 2.75) is 6.17 Å². The van der Waals surface area contributed by atoms with Gasteiger partial charge in [0.2, 0.25) is 0 Å². The van der Waals surface area contributed by atoms with E-state index < -0.39 is 0 Å². The number of nitriles is 1. The first kappa shape index (κ1) is 5.98. The minimum absolute atomic E-state index is 0.311. The van der Waals surface area contributed by atoms with E-state index in [1.54, 1.807) is 12.4 Å². The Balaban J connectivity index is 2.35.